The molecule has 0 unspecified atom stereocenters. The van der Waals surface area contributed by atoms with Crippen molar-refractivity contribution in [2.45, 2.75) is 38.7 Å². The van der Waals surface area contributed by atoms with Crippen LogP contribution < -0.4 is 9.47 Å². The van der Waals surface area contributed by atoms with Crippen molar-refractivity contribution in [2.75, 3.05) is 14.2 Å². The van der Waals surface area contributed by atoms with Crippen LogP contribution >= 0.6 is 0 Å². The van der Waals surface area contributed by atoms with Gasteiger partial charge in [0.25, 0.3) is 0 Å². The lowest BCUT2D eigenvalue weighted by atomic mass is 9.91. The van der Waals surface area contributed by atoms with Crippen LogP contribution in [0.4, 0.5) is 4.39 Å². The number of aromatic hydroxyl groups is 1. The van der Waals surface area contributed by atoms with Crippen LogP contribution in [0.3, 0.4) is 0 Å². The summed E-state index contributed by atoms with van der Waals surface area (Å²) in [6.45, 7) is 2.31. The van der Waals surface area contributed by atoms with Crippen molar-refractivity contribution in [1.82, 2.24) is 0 Å². The molecule has 33 heavy (non-hydrogen) atoms. The predicted octanol–water partition coefficient (Wildman–Crippen LogP) is 6.23. The van der Waals surface area contributed by atoms with Gasteiger partial charge in [0.15, 0.2) is 0 Å². The fourth-order valence-corrected chi connectivity index (χ4v) is 3.78. The first kappa shape index (κ1) is 24.1. The van der Waals surface area contributed by atoms with E-state index < -0.39 is 5.82 Å². The van der Waals surface area contributed by atoms with Gasteiger partial charge in [-0.3, -0.25) is 4.79 Å². The highest BCUT2D eigenvalue weighted by Gasteiger charge is 2.17. The van der Waals surface area contributed by atoms with Gasteiger partial charge in [0.05, 0.1) is 20.6 Å². The second-order valence-electron chi connectivity index (χ2n) is 7.82. The van der Waals surface area contributed by atoms with Gasteiger partial charge in [0.1, 0.15) is 29.7 Å². The summed E-state index contributed by atoms with van der Waals surface area (Å²) in [6.07, 6.45) is 2.14. The van der Waals surface area contributed by atoms with E-state index in [0.29, 0.717) is 23.5 Å². The third kappa shape index (κ3) is 6.25. The fraction of sp³-hybridized carbons (Fsp3) is 0.296. The lowest BCUT2D eigenvalue weighted by Crippen LogP contribution is -2.09. The maximum atomic E-state index is 14.3. The number of phenols is 1. The van der Waals surface area contributed by atoms with Gasteiger partial charge in [0, 0.05) is 11.1 Å². The van der Waals surface area contributed by atoms with Crippen LogP contribution in [0.2, 0.25) is 0 Å². The molecule has 3 aromatic rings. The van der Waals surface area contributed by atoms with Gasteiger partial charge in [-0.25, -0.2) is 4.39 Å². The Morgan fingerprint density at radius 2 is 1.82 bits per heavy atom. The molecule has 1 N–H and O–H groups in total. The number of methoxy groups -OCH3 is 2. The number of carbonyl (C=O) groups excluding carboxylic acids is 1. The van der Waals surface area contributed by atoms with Crippen molar-refractivity contribution in [1.29, 1.82) is 0 Å². The van der Waals surface area contributed by atoms with Crippen molar-refractivity contribution in [3.63, 3.8) is 0 Å². The zero-order valence-corrected chi connectivity index (χ0v) is 19.1. The van der Waals surface area contributed by atoms with E-state index in [-0.39, 0.29) is 29.8 Å². The maximum absolute atomic E-state index is 14.3. The number of hydrogen-bond donors (Lipinski definition) is 1. The minimum absolute atomic E-state index is 0.0434. The number of carbonyl (C=O) groups is 1. The minimum Gasteiger partial charge on any atom is -0.507 e. The Morgan fingerprint density at radius 3 is 2.52 bits per heavy atom. The number of hydrogen-bond acceptors (Lipinski definition) is 5. The summed E-state index contributed by atoms with van der Waals surface area (Å²) in [5.74, 6) is 0.515. The fourth-order valence-electron chi connectivity index (χ4n) is 3.78. The lowest BCUT2D eigenvalue weighted by Gasteiger charge is -2.17. The largest absolute Gasteiger partial charge is 0.507 e. The van der Waals surface area contributed by atoms with E-state index in [2.05, 4.69) is 6.92 Å². The second-order valence-corrected chi connectivity index (χ2v) is 7.82. The van der Waals surface area contributed by atoms with E-state index in [0.717, 1.165) is 24.0 Å². The molecule has 0 fully saturated rings. The molecule has 3 rings (SSSR count). The number of ether oxygens (including phenoxy) is 3. The number of rotatable bonds is 10. The van der Waals surface area contributed by atoms with Crippen LogP contribution in [-0.4, -0.2) is 25.3 Å². The quantitative estimate of drug-likeness (QED) is 0.369. The molecule has 5 nitrogen and oxygen atoms in total. The molecule has 0 aliphatic rings. The molecule has 1 atom stereocenters. The average Bonchev–Trinajstić information content (AvgIpc) is 2.83. The predicted molar refractivity (Wildman–Crippen MR) is 125 cm³/mol. The molecule has 0 aromatic heterocycles. The first-order valence-electron chi connectivity index (χ1n) is 10.9. The van der Waals surface area contributed by atoms with E-state index in [9.17, 15) is 14.3 Å². The van der Waals surface area contributed by atoms with Crippen molar-refractivity contribution >= 4 is 5.97 Å². The monoisotopic (exact) mass is 452 g/mol. The molecule has 0 heterocycles. The summed E-state index contributed by atoms with van der Waals surface area (Å²) >= 11 is 0. The highest BCUT2D eigenvalue weighted by atomic mass is 19.1. The SMILES string of the molecule is CCC[C@H](CC(=O)OC)c1cccc(OCc2ccc(-c3cc(OC)ccc3F)c(O)c2)c1. The summed E-state index contributed by atoms with van der Waals surface area (Å²) in [4.78, 5) is 11.8. The Labute approximate surface area is 193 Å². The highest BCUT2D eigenvalue weighted by molar-refractivity contribution is 5.72. The molecular formula is C27H29FO5. The minimum atomic E-state index is -0.444. The zero-order valence-electron chi connectivity index (χ0n) is 19.1. The molecule has 174 valence electrons. The second kappa shape index (κ2) is 11.4. The molecule has 0 aliphatic carbocycles. The Kier molecular flexibility index (Phi) is 8.30. The summed E-state index contributed by atoms with van der Waals surface area (Å²) in [7, 11) is 2.90. The standard InChI is InChI=1S/C27H29FO5/c1-4-6-19(15-27(30)32-3)20-7-5-8-22(14-20)33-17-18-9-11-23(26(29)13-18)24-16-21(31-2)10-12-25(24)28/h5,7-14,16,19,29H,4,6,15,17H2,1-3H3/t19-/m1/s1. The van der Waals surface area contributed by atoms with Gasteiger partial charge in [0.2, 0.25) is 0 Å². The van der Waals surface area contributed by atoms with Gasteiger partial charge in [-0.1, -0.05) is 37.6 Å². The Hall–Kier alpha value is -3.54. The summed E-state index contributed by atoms with van der Waals surface area (Å²) in [5.41, 5.74) is 2.40. The van der Waals surface area contributed by atoms with E-state index >= 15 is 0 Å². The smallest absolute Gasteiger partial charge is 0.306 e. The van der Waals surface area contributed by atoms with E-state index in [1.54, 1.807) is 24.3 Å². The Balaban J connectivity index is 1.73. The van der Waals surface area contributed by atoms with Crippen molar-refractivity contribution in [3.8, 4) is 28.4 Å². The molecule has 0 radical (unpaired) electrons. The molecule has 0 spiro atoms. The van der Waals surface area contributed by atoms with E-state index in [1.165, 1.54) is 26.4 Å². The molecule has 6 heteroatoms. The number of esters is 1. The van der Waals surface area contributed by atoms with Gasteiger partial charge in [-0.2, -0.15) is 0 Å². The first-order chi connectivity index (χ1) is 15.9. The third-order valence-electron chi connectivity index (χ3n) is 5.54. The number of halogens is 1. The third-order valence-corrected chi connectivity index (χ3v) is 5.54. The number of benzene rings is 3. The van der Waals surface area contributed by atoms with Crippen LogP contribution in [-0.2, 0) is 16.1 Å². The normalized spacial score (nSPS) is 11.6. The van der Waals surface area contributed by atoms with Crippen molar-refractivity contribution in [3.05, 3.63) is 77.6 Å². The molecule has 3 aromatic carbocycles. The lowest BCUT2D eigenvalue weighted by molar-refractivity contribution is -0.141. The summed E-state index contributed by atoms with van der Waals surface area (Å²) < 4.78 is 30.2. The highest BCUT2D eigenvalue weighted by Crippen LogP contribution is 2.34. The van der Waals surface area contributed by atoms with E-state index in [4.69, 9.17) is 14.2 Å². The van der Waals surface area contributed by atoms with Gasteiger partial charge in [-0.05, 0) is 59.9 Å². The van der Waals surface area contributed by atoms with Crippen LogP contribution in [0.5, 0.6) is 17.2 Å². The van der Waals surface area contributed by atoms with Gasteiger partial charge in [-0.15, -0.1) is 0 Å². The summed E-state index contributed by atoms with van der Waals surface area (Å²) in [6, 6.07) is 17.1. The Bertz CT molecular complexity index is 1100. The molecular weight excluding hydrogens is 423 g/mol. The van der Waals surface area contributed by atoms with Crippen molar-refractivity contribution < 1.29 is 28.5 Å². The van der Waals surface area contributed by atoms with Gasteiger partial charge >= 0.3 is 5.97 Å². The maximum Gasteiger partial charge on any atom is 0.306 e. The Morgan fingerprint density at radius 1 is 1.00 bits per heavy atom. The first-order valence-corrected chi connectivity index (χ1v) is 10.9. The van der Waals surface area contributed by atoms with Crippen LogP contribution in [0.25, 0.3) is 11.1 Å². The zero-order chi connectivity index (χ0) is 23.8. The molecule has 0 amide bonds. The van der Waals surface area contributed by atoms with E-state index in [1.807, 2.05) is 24.3 Å². The van der Waals surface area contributed by atoms with Crippen molar-refractivity contribution in [2.24, 2.45) is 0 Å². The van der Waals surface area contributed by atoms with Crippen LogP contribution in [0, 0.1) is 5.82 Å². The summed E-state index contributed by atoms with van der Waals surface area (Å²) in [5, 5.41) is 10.5. The number of phenolic OH excluding ortho intramolecular Hbond substituents is 1. The molecule has 0 aliphatic heterocycles. The average molecular weight is 453 g/mol. The molecule has 0 saturated heterocycles. The van der Waals surface area contributed by atoms with Crippen LogP contribution in [0.15, 0.2) is 60.7 Å². The molecule has 0 bridgehead atoms. The van der Waals surface area contributed by atoms with Gasteiger partial charge < -0.3 is 19.3 Å². The van der Waals surface area contributed by atoms with Crippen LogP contribution in [0.1, 0.15) is 43.2 Å². The molecule has 0 saturated carbocycles. The topological polar surface area (TPSA) is 65.0 Å².